The van der Waals surface area contributed by atoms with Gasteiger partial charge in [-0.3, -0.25) is 0 Å². The van der Waals surface area contributed by atoms with Crippen LogP contribution in [0.25, 0.3) is 11.1 Å². The standard InChI is InChI=1S/C14H13ClFN/c1-17-9-10-2-7-13(14(16)8-10)11-3-5-12(15)6-4-11/h2-8,17H,9H2,1H3. The quantitative estimate of drug-likeness (QED) is 0.871. The lowest BCUT2D eigenvalue weighted by molar-refractivity contribution is 0.627. The molecule has 0 amide bonds. The van der Waals surface area contributed by atoms with E-state index < -0.39 is 0 Å². The van der Waals surface area contributed by atoms with Crippen molar-refractivity contribution >= 4 is 11.6 Å². The Kier molecular flexibility index (Phi) is 3.77. The van der Waals surface area contributed by atoms with Crippen LogP contribution in [-0.4, -0.2) is 7.05 Å². The van der Waals surface area contributed by atoms with E-state index in [1.54, 1.807) is 24.3 Å². The van der Waals surface area contributed by atoms with Crippen LogP contribution >= 0.6 is 11.6 Å². The SMILES string of the molecule is CNCc1ccc(-c2ccc(Cl)cc2)c(F)c1. The van der Waals surface area contributed by atoms with Crippen molar-refractivity contribution in [1.29, 1.82) is 0 Å². The number of hydrogen-bond acceptors (Lipinski definition) is 1. The van der Waals surface area contributed by atoms with Gasteiger partial charge < -0.3 is 5.32 Å². The van der Waals surface area contributed by atoms with Gasteiger partial charge in [0.05, 0.1) is 0 Å². The van der Waals surface area contributed by atoms with Gasteiger partial charge in [0.2, 0.25) is 0 Å². The zero-order valence-corrected chi connectivity index (χ0v) is 10.3. The van der Waals surface area contributed by atoms with Gasteiger partial charge in [0, 0.05) is 17.1 Å². The van der Waals surface area contributed by atoms with Gasteiger partial charge in [0.1, 0.15) is 5.82 Å². The van der Waals surface area contributed by atoms with Crippen LogP contribution < -0.4 is 5.32 Å². The fourth-order valence-corrected chi connectivity index (χ4v) is 1.86. The van der Waals surface area contributed by atoms with Crippen molar-refractivity contribution in [3.8, 4) is 11.1 Å². The molecule has 3 heteroatoms. The van der Waals surface area contributed by atoms with E-state index >= 15 is 0 Å². The first-order valence-corrected chi connectivity index (χ1v) is 5.77. The maximum atomic E-state index is 13.9. The molecular weight excluding hydrogens is 237 g/mol. The molecule has 17 heavy (non-hydrogen) atoms. The summed E-state index contributed by atoms with van der Waals surface area (Å²) >= 11 is 5.80. The Bertz CT molecular complexity index is 508. The van der Waals surface area contributed by atoms with E-state index in [0.717, 1.165) is 11.1 Å². The molecule has 1 nitrogen and oxygen atoms in total. The lowest BCUT2D eigenvalue weighted by atomic mass is 10.0. The van der Waals surface area contributed by atoms with E-state index in [-0.39, 0.29) is 5.82 Å². The predicted molar refractivity (Wildman–Crippen MR) is 69.6 cm³/mol. The Morgan fingerprint density at radius 3 is 2.41 bits per heavy atom. The molecule has 0 unspecified atom stereocenters. The number of halogens is 2. The molecule has 0 aliphatic heterocycles. The fourth-order valence-electron chi connectivity index (χ4n) is 1.74. The molecule has 88 valence electrons. The first-order chi connectivity index (χ1) is 8.20. The van der Waals surface area contributed by atoms with E-state index in [2.05, 4.69) is 5.32 Å². The average Bonchev–Trinajstić information content (AvgIpc) is 2.31. The van der Waals surface area contributed by atoms with Gasteiger partial charge in [-0.05, 0) is 36.4 Å². The third-order valence-electron chi connectivity index (χ3n) is 2.57. The summed E-state index contributed by atoms with van der Waals surface area (Å²) in [5.41, 5.74) is 2.37. The van der Waals surface area contributed by atoms with Crippen LogP contribution in [0.1, 0.15) is 5.56 Å². The van der Waals surface area contributed by atoms with E-state index in [1.165, 1.54) is 0 Å². The number of rotatable bonds is 3. The number of hydrogen-bond donors (Lipinski definition) is 1. The van der Waals surface area contributed by atoms with Crippen LogP contribution in [0.5, 0.6) is 0 Å². The fraction of sp³-hybridized carbons (Fsp3) is 0.143. The highest BCUT2D eigenvalue weighted by molar-refractivity contribution is 6.30. The minimum atomic E-state index is -0.208. The third-order valence-corrected chi connectivity index (χ3v) is 2.82. The summed E-state index contributed by atoms with van der Waals surface area (Å²) in [6, 6.07) is 12.4. The van der Waals surface area contributed by atoms with Crippen molar-refractivity contribution in [1.82, 2.24) is 5.32 Å². The van der Waals surface area contributed by atoms with Gasteiger partial charge in [0.15, 0.2) is 0 Å². The van der Waals surface area contributed by atoms with E-state index in [9.17, 15) is 4.39 Å². The van der Waals surface area contributed by atoms with Crippen LogP contribution in [0.15, 0.2) is 42.5 Å². The summed E-state index contributed by atoms with van der Waals surface area (Å²) in [4.78, 5) is 0. The van der Waals surface area contributed by atoms with Gasteiger partial charge in [0.25, 0.3) is 0 Å². The summed E-state index contributed by atoms with van der Waals surface area (Å²) in [6.07, 6.45) is 0. The molecule has 0 heterocycles. The monoisotopic (exact) mass is 249 g/mol. The lowest BCUT2D eigenvalue weighted by Gasteiger charge is -2.06. The van der Waals surface area contributed by atoms with E-state index in [1.807, 2.05) is 25.2 Å². The second-order valence-corrected chi connectivity index (χ2v) is 4.29. The van der Waals surface area contributed by atoms with E-state index in [4.69, 9.17) is 11.6 Å². The Balaban J connectivity index is 2.36. The Morgan fingerprint density at radius 2 is 1.82 bits per heavy atom. The molecule has 0 aliphatic carbocycles. The summed E-state index contributed by atoms with van der Waals surface area (Å²) in [6.45, 7) is 0.665. The van der Waals surface area contributed by atoms with Crippen LogP contribution in [0.2, 0.25) is 5.02 Å². The topological polar surface area (TPSA) is 12.0 Å². The van der Waals surface area contributed by atoms with Crippen molar-refractivity contribution in [2.75, 3.05) is 7.05 Å². The minimum Gasteiger partial charge on any atom is -0.316 e. The molecule has 0 saturated carbocycles. The normalized spacial score (nSPS) is 10.5. The van der Waals surface area contributed by atoms with Gasteiger partial charge in [-0.1, -0.05) is 35.9 Å². The number of nitrogens with one attached hydrogen (secondary N) is 1. The summed E-state index contributed by atoms with van der Waals surface area (Å²) in [5, 5.41) is 3.65. The van der Waals surface area contributed by atoms with Crippen LogP contribution in [0.3, 0.4) is 0 Å². The first-order valence-electron chi connectivity index (χ1n) is 5.39. The van der Waals surface area contributed by atoms with Gasteiger partial charge in [-0.2, -0.15) is 0 Å². The highest BCUT2D eigenvalue weighted by atomic mass is 35.5. The summed E-state index contributed by atoms with van der Waals surface area (Å²) in [7, 11) is 1.84. The minimum absolute atomic E-state index is 0.208. The van der Waals surface area contributed by atoms with Crippen molar-refractivity contribution in [3.63, 3.8) is 0 Å². The van der Waals surface area contributed by atoms with Crippen molar-refractivity contribution in [2.45, 2.75) is 6.54 Å². The molecular formula is C14H13ClFN. The lowest BCUT2D eigenvalue weighted by Crippen LogP contribution is -2.05. The maximum Gasteiger partial charge on any atom is 0.131 e. The highest BCUT2D eigenvalue weighted by Gasteiger charge is 2.05. The van der Waals surface area contributed by atoms with Crippen molar-refractivity contribution < 1.29 is 4.39 Å². The summed E-state index contributed by atoms with van der Waals surface area (Å²) < 4.78 is 13.9. The zero-order chi connectivity index (χ0) is 12.3. The molecule has 1 N–H and O–H groups in total. The van der Waals surface area contributed by atoms with Crippen LogP contribution in [0.4, 0.5) is 4.39 Å². The van der Waals surface area contributed by atoms with Gasteiger partial charge in [-0.15, -0.1) is 0 Å². The van der Waals surface area contributed by atoms with Crippen LogP contribution in [-0.2, 0) is 6.54 Å². The highest BCUT2D eigenvalue weighted by Crippen LogP contribution is 2.25. The molecule has 2 rings (SSSR count). The molecule has 2 aromatic carbocycles. The molecule has 2 aromatic rings. The molecule has 0 saturated heterocycles. The van der Waals surface area contributed by atoms with Crippen molar-refractivity contribution in [2.24, 2.45) is 0 Å². The smallest absolute Gasteiger partial charge is 0.131 e. The van der Waals surface area contributed by atoms with Crippen molar-refractivity contribution in [3.05, 3.63) is 58.9 Å². The van der Waals surface area contributed by atoms with E-state index in [0.29, 0.717) is 17.1 Å². The summed E-state index contributed by atoms with van der Waals surface area (Å²) in [5.74, 6) is -0.208. The second kappa shape index (κ2) is 5.30. The molecule has 0 spiro atoms. The van der Waals surface area contributed by atoms with Gasteiger partial charge >= 0.3 is 0 Å². The third kappa shape index (κ3) is 2.84. The second-order valence-electron chi connectivity index (χ2n) is 3.85. The Labute approximate surface area is 105 Å². The van der Waals surface area contributed by atoms with Crippen LogP contribution in [0, 0.1) is 5.82 Å². The maximum absolute atomic E-state index is 13.9. The molecule has 0 atom stereocenters. The molecule has 0 radical (unpaired) electrons. The first kappa shape index (κ1) is 12.1. The largest absolute Gasteiger partial charge is 0.316 e. The zero-order valence-electron chi connectivity index (χ0n) is 9.50. The Hall–Kier alpha value is -1.38. The molecule has 0 bridgehead atoms. The molecule has 0 aliphatic rings. The number of benzene rings is 2. The Morgan fingerprint density at radius 1 is 1.12 bits per heavy atom. The van der Waals surface area contributed by atoms with Gasteiger partial charge in [-0.25, -0.2) is 4.39 Å². The predicted octanol–water partition coefficient (Wildman–Crippen LogP) is 3.87. The average molecular weight is 250 g/mol. The molecule has 0 aromatic heterocycles. The molecule has 0 fully saturated rings.